The molecule has 1 fully saturated rings. The number of halogens is 1. The Bertz CT molecular complexity index is 334. The Morgan fingerprint density at radius 3 is 2.76 bits per heavy atom. The number of benzene rings is 1. The van der Waals surface area contributed by atoms with Gasteiger partial charge >= 0.3 is 0 Å². The second-order valence-electron chi connectivity index (χ2n) is 4.35. The Balaban J connectivity index is 1.79. The van der Waals surface area contributed by atoms with E-state index in [1.54, 1.807) is 7.11 Å². The average molecular weight is 256 g/mol. The maximum absolute atomic E-state index is 5.85. The summed E-state index contributed by atoms with van der Waals surface area (Å²) in [4.78, 5) is 0. The van der Waals surface area contributed by atoms with Gasteiger partial charge in [0.2, 0.25) is 0 Å². The van der Waals surface area contributed by atoms with Gasteiger partial charge in [0.1, 0.15) is 0 Å². The van der Waals surface area contributed by atoms with Crippen molar-refractivity contribution in [1.82, 2.24) is 5.32 Å². The Hall–Kier alpha value is -0.610. The summed E-state index contributed by atoms with van der Waals surface area (Å²) in [6, 6.07) is 8.35. The van der Waals surface area contributed by atoms with Crippen LogP contribution in [0.1, 0.15) is 5.56 Å². The second kappa shape index (κ2) is 6.36. The van der Waals surface area contributed by atoms with E-state index >= 15 is 0 Å². The highest BCUT2D eigenvalue weighted by Gasteiger charge is 2.20. The molecule has 1 aliphatic rings. The van der Waals surface area contributed by atoms with Crippen molar-refractivity contribution in [2.24, 2.45) is 0 Å². The first-order valence-corrected chi connectivity index (χ1v) is 6.24. The molecule has 1 saturated heterocycles. The van der Waals surface area contributed by atoms with Crippen molar-refractivity contribution in [1.29, 1.82) is 0 Å². The molecule has 0 radical (unpaired) electrons. The Labute approximate surface area is 107 Å². The first-order chi connectivity index (χ1) is 8.28. The molecule has 3 nitrogen and oxygen atoms in total. The zero-order chi connectivity index (χ0) is 12.1. The second-order valence-corrected chi connectivity index (χ2v) is 4.78. The van der Waals surface area contributed by atoms with Crippen molar-refractivity contribution in [3.05, 3.63) is 34.9 Å². The number of morpholine rings is 1. The summed E-state index contributed by atoms with van der Waals surface area (Å²) in [6.07, 6.45) is 1.15. The van der Waals surface area contributed by atoms with Crippen LogP contribution in [0.5, 0.6) is 0 Å². The standard InChI is InChI=1S/C13H18ClNO2/c1-16-9-13-7-15-12(8-17-13)6-10-2-4-11(14)5-3-10/h2-5,12-13,15H,6-9H2,1H3. The maximum Gasteiger partial charge on any atom is 0.0933 e. The third-order valence-corrected chi connectivity index (χ3v) is 3.17. The van der Waals surface area contributed by atoms with Gasteiger partial charge in [0, 0.05) is 24.7 Å². The van der Waals surface area contributed by atoms with Crippen molar-refractivity contribution >= 4 is 11.6 Å². The first-order valence-electron chi connectivity index (χ1n) is 5.86. The number of rotatable bonds is 4. The van der Waals surface area contributed by atoms with Gasteiger partial charge in [-0.15, -0.1) is 0 Å². The average Bonchev–Trinajstić information content (AvgIpc) is 2.35. The van der Waals surface area contributed by atoms with Crippen LogP contribution < -0.4 is 5.32 Å². The minimum atomic E-state index is 0.182. The lowest BCUT2D eigenvalue weighted by Crippen LogP contribution is -2.48. The third-order valence-electron chi connectivity index (χ3n) is 2.92. The topological polar surface area (TPSA) is 30.5 Å². The van der Waals surface area contributed by atoms with Crippen LogP contribution in [0.3, 0.4) is 0 Å². The molecule has 1 aromatic carbocycles. The van der Waals surface area contributed by atoms with Gasteiger partial charge in [-0.05, 0) is 24.1 Å². The monoisotopic (exact) mass is 255 g/mol. The Kier molecular flexibility index (Phi) is 4.80. The highest BCUT2D eigenvalue weighted by Crippen LogP contribution is 2.12. The molecule has 2 rings (SSSR count). The number of ether oxygens (including phenoxy) is 2. The third kappa shape index (κ3) is 3.96. The first kappa shape index (κ1) is 12.8. The van der Waals surface area contributed by atoms with E-state index in [1.807, 2.05) is 12.1 Å². The Morgan fingerprint density at radius 2 is 2.18 bits per heavy atom. The minimum absolute atomic E-state index is 0.182. The Morgan fingerprint density at radius 1 is 1.41 bits per heavy atom. The van der Waals surface area contributed by atoms with Gasteiger partial charge in [0.15, 0.2) is 0 Å². The summed E-state index contributed by atoms with van der Waals surface area (Å²) in [5, 5.41) is 4.26. The minimum Gasteiger partial charge on any atom is -0.382 e. The largest absolute Gasteiger partial charge is 0.382 e. The van der Waals surface area contributed by atoms with Crippen molar-refractivity contribution < 1.29 is 9.47 Å². The van der Waals surface area contributed by atoms with Crippen LogP contribution in [-0.4, -0.2) is 39.0 Å². The van der Waals surface area contributed by atoms with Crippen LogP contribution in [0.15, 0.2) is 24.3 Å². The van der Waals surface area contributed by atoms with E-state index in [0.29, 0.717) is 12.6 Å². The lowest BCUT2D eigenvalue weighted by molar-refractivity contribution is -0.0356. The van der Waals surface area contributed by atoms with Gasteiger partial charge in [-0.25, -0.2) is 0 Å². The number of hydrogen-bond acceptors (Lipinski definition) is 3. The number of hydrogen-bond donors (Lipinski definition) is 1. The molecular formula is C13H18ClNO2. The molecule has 4 heteroatoms. The fraction of sp³-hybridized carbons (Fsp3) is 0.538. The molecule has 0 bridgehead atoms. The molecule has 1 N–H and O–H groups in total. The molecule has 0 spiro atoms. The molecule has 0 saturated carbocycles. The molecule has 1 heterocycles. The summed E-state index contributed by atoms with van der Waals surface area (Å²) in [6.45, 7) is 2.24. The predicted octanol–water partition coefficient (Wildman–Crippen LogP) is 1.89. The van der Waals surface area contributed by atoms with Gasteiger partial charge in [-0.2, -0.15) is 0 Å². The molecule has 0 aliphatic carbocycles. The van der Waals surface area contributed by atoms with Gasteiger partial charge in [0.25, 0.3) is 0 Å². The van der Waals surface area contributed by atoms with Crippen LogP contribution in [0.25, 0.3) is 0 Å². The van der Waals surface area contributed by atoms with Crippen molar-refractivity contribution in [2.45, 2.75) is 18.6 Å². The van der Waals surface area contributed by atoms with Gasteiger partial charge < -0.3 is 14.8 Å². The normalized spacial score (nSPS) is 24.8. The van der Waals surface area contributed by atoms with Crippen LogP contribution >= 0.6 is 11.6 Å². The van der Waals surface area contributed by atoms with Gasteiger partial charge in [-0.3, -0.25) is 0 Å². The molecular weight excluding hydrogens is 238 g/mol. The van der Waals surface area contributed by atoms with E-state index < -0.39 is 0 Å². The molecule has 0 aromatic heterocycles. The quantitative estimate of drug-likeness (QED) is 0.891. The number of nitrogens with one attached hydrogen (secondary N) is 1. The molecule has 0 amide bonds. The van der Waals surface area contributed by atoms with Crippen LogP contribution in [0.4, 0.5) is 0 Å². The zero-order valence-electron chi connectivity index (χ0n) is 9.99. The SMILES string of the molecule is COCC1CNC(Cc2ccc(Cl)cc2)CO1. The summed E-state index contributed by atoms with van der Waals surface area (Å²) in [5.41, 5.74) is 1.28. The summed E-state index contributed by atoms with van der Waals surface area (Å²) in [7, 11) is 1.70. The van der Waals surface area contributed by atoms with E-state index in [-0.39, 0.29) is 6.10 Å². The molecule has 2 atom stereocenters. The summed E-state index contributed by atoms with van der Waals surface area (Å²) in [5.74, 6) is 0. The van der Waals surface area contributed by atoms with Crippen molar-refractivity contribution in [3.8, 4) is 0 Å². The van der Waals surface area contributed by atoms with Crippen molar-refractivity contribution in [2.75, 3.05) is 26.9 Å². The maximum atomic E-state index is 5.85. The fourth-order valence-electron chi connectivity index (χ4n) is 2.00. The van der Waals surface area contributed by atoms with E-state index in [0.717, 1.165) is 24.6 Å². The molecule has 1 aliphatic heterocycles. The van der Waals surface area contributed by atoms with E-state index in [2.05, 4.69) is 17.4 Å². The van der Waals surface area contributed by atoms with Crippen LogP contribution in [0.2, 0.25) is 5.02 Å². The van der Waals surface area contributed by atoms with Gasteiger partial charge in [-0.1, -0.05) is 23.7 Å². The highest BCUT2D eigenvalue weighted by molar-refractivity contribution is 6.30. The molecule has 2 unspecified atom stereocenters. The summed E-state index contributed by atoms with van der Waals surface area (Å²) < 4.78 is 10.8. The van der Waals surface area contributed by atoms with Gasteiger partial charge in [0.05, 0.1) is 19.3 Å². The predicted molar refractivity (Wildman–Crippen MR) is 68.6 cm³/mol. The van der Waals surface area contributed by atoms with E-state index in [9.17, 15) is 0 Å². The fourth-order valence-corrected chi connectivity index (χ4v) is 2.12. The lowest BCUT2D eigenvalue weighted by Gasteiger charge is -2.30. The smallest absolute Gasteiger partial charge is 0.0933 e. The highest BCUT2D eigenvalue weighted by atomic mass is 35.5. The van der Waals surface area contributed by atoms with Crippen LogP contribution in [0, 0.1) is 0 Å². The van der Waals surface area contributed by atoms with E-state index in [4.69, 9.17) is 21.1 Å². The zero-order valence-corrected chi connectivity index (χ0v) is 10.7. The van der Waals surface area contributed by atoms with Crippen molar-refractivity contribution in [3.63, 3.8) is 0 Å². The van der Waals surface area contributed by atoms with E-state index in [1.165, 1.54) is 5.56 Å². The number of methoxy groups -OCH3 is 1. The van der Waals surface area contributed by atoms with Crippen LogP contribution in [-0.2, 0) is 15.9 Å². The molecule has 94 valence electrons. The summed E-state index contributed by atoms with van der Waals surface area (Å²) >= 11 is 5.85. The molecule has 17 heavy (non-hydrogen) atoms. The lowest BCUT2D eigenvalue weighted by atomic mass is 10.1. The molecule has 1 aromatic rings.